The van der Waals surface area contributed by atoms with Gasteiger partial charge in [0.15, 0.2) is 10.9 Å². The first kappa shape index (κ1) is 16.8. The summed E-state index contributed by atoms with van der Waals surface area (Å²) in [6.45, 7) is 5.79. The van der Waals surface area contributed by atoms with Crippen molar-refractivity contribution in [3.8, 4) is 0 Å². The van der Waals surface area contributed by atoms with Gasteiger partial charge in [0.2, 0.25) is 0 Å². The van der Waals surface area contributed by atoms with E-state index in [2.05, 4.69) is 35.1 Å². The lowest BCUT2D eigenvalue weighted by atomic mass is 9.94. The normalized spacial score (nSPS) is 17.3. The minimum Gasteiger partial charge on any atom is -0.356 e. The van der Waals surface area contributed by atoms with Crippen LogP contribution in [0, 0.1) is 13.8 Å². The molecular formula is C18H21N7S. The Balaban J connectivity index is 1.57. The second-order valence-corrected chi connectivity index (χ2v) is 7.31. The number of nitrogens with zero attached hydrogens (tertiary/aromatic N) is 6. The fraction of sp³-hybridized carbons (Fsp3) is 0.389. The molecule has 0 aromatic carbocycles. The zero-order valence-corrected chi connectivity index (χ0v) is 15.7. The monoisotopic (exact) mass is 367 g/mol. The molecule has 26 heavy (non-hydrogen) atoms. The van der Waals surface area contributed by atoms with Gasteiger partial charge in [-0.05, 0) is 32.8 Å². The Morgan fingerprint density at radius 3 is 2.81 bits per heavy atom. The number of hydrogen-bond donors (Lipinski definition) is 1. The van der Waals surface area contributed by atoms with E-state index in [4.69, 9.17) is 0 Å². The molecule has 7 nitrogen and oxygen atoms in total. The summed E-state index contributed by atoms with van der Waals surface area (Å²) >= 11 is 1.58. The second kappa shape index (κ2) is 7.33. The topological polar surface area (TPSA) is 79.7 Å². The van der Waals surface area contributed by atoms with Gasteiger partial charge in [-0.15, -0.1) is 11.3 Å². The van der Waals surface area contributed by atoms with Gasteiger partial charge in [0, 0.05) is 43.0 Å². The summed E-state index contributed by atoms with van der Waals surface area (Å²) in [5.74, 6) is 2.88. The van der Waals surface area contributed by atoms with Gasteiger partial charge in [0.05, 0.1) is 11.4 Å². The molecular weight excluding hydrogens is 346 g/mol. The Morgan fingerprint density at radius 1 is 1.12 bits per heavy atom. The summed E-state index contributed by atoms with van der Waals surface area (Å²) in [6, 6.07) is 1.98. The molecule has 3 aromatic rings. The number of nitrogens with one attached hydrogen (secondary N) is 1. The van der Waals surface area contributed by atoms with Crippen molar-refractivity contribution in [3.63, 3.8) is 0 Å². The molecule has 0 saturated carbocycles. The summed E-state index contributed by atoms with van der Waals surface area (Å²) in [7, 11) is 0. The lowest BCUT2D eigenvalue weighted by Gasteiger charge is -2.33. The molecule has 1 N–H and O–H groups in total. The molecule has 0 radical (unpaired) electrons. The number of anilines is 3. The summed E-state index contributed by atoms with van der Waals surface area (Å²) in [5.41, 5.74) is 2.00. The van der Waals surface area contributed by atoms with E-state index in [0.717, 1.165) is 59.9 Å². The van der Waals surface area contributed by atoms with E-state index in [-0.39, 0.29) is 0 Å². The molecule has 1 unspecified atom stereocenters. The smallest absolute Gasteiger partial charge is 0.188 e. The quantitative estimate of drug-likeness (QED) is 0.756. The third kappa shape index (κ3) is 3.65. The Labute approximate surface area is 156 Å². The van der Waals surface area contributed by atoms with E-state index in [9.17, 15) is 0 Å². The van der Waals surface area contributed by atoms with E-state index in [1.807, 2.05) is 31.5 Å². The molecule has 0 spiro atoms. The van der Waals surface area contributed by atoms with Crippen molar-refractivity contribution in [3.05, 3.63) is 47.2 Å². The van der Waals surface area contributed by atoms with Crippen molar-refractivity contribution >= 4 is 28.1 Å². The van der Waals surface area contributed by atoms with Gasteiger partial charge in [-0.2, -0.15) is 0 Å². The highest BCUT2D eigenvalue weighted by Crippen LogP contribution is 2.32. The summed E-state index contributed by atoms with van der Waals surface area (Å²) in [6.07, 6.45) is 7.49. The van der Waals surface area contributed by atoms with Crippen molar-refractivity contribution in [1.82, 2.24) is 24.9 Å². The first-order valence-corrected chi connectivity index (χ1v) is 9.61. The number of rotatable bonds is 4. The van der Waals surface area contributed by atoms with E-state index >= 15 is 0 Å². The second-order valence-electron chi connectivity index (χ2n) is 6.46. The van der Waals surface area contributed by atoms with Crippen LogP contribution in [0.2, 0.25) is 0 Å². The van der Waals surface area contributed by atoms with Gasteiger partial charge in [-0.1, -0.05) is 0 Å². The average Bonchev–Trinajstić information content (AvgIpc) is 3.07. The molecule has 1 fully saturated rings. The fourth-order valence-corrected chi connectivity index (χ4v) is 3.97. The molecule has 1 saturated heterocycles. The summed E-state index contributed by atoms with van der Waals surface area (Å²) < 4.78 is 0. The molecule has 1 aliphatic rings. The first-order chi connectivity index (χ1) is 12.7. The highest BCUT2D eigenvalue weighted by molar-refractivity contribution is 7.13. The van der Waals surface area contributed by atoms with E-state index in [1.54, 1.807) is 23.7 Å². The number of hydrogen-bond acceptors (Lipinski definition) is 8. The van der Waals surface area contributed by atoms with Crippen LogP contribution in [0.15, 0.2) is 30.0 Å². The maximum Gasteiger partial charge on any atom is 0.188 e. The van der Waals surface area contributed by atoms with Gasteiger partial charge in [-0.25, -0.2) is 19.9 Å². The van der Waals surface area contributed by atoms with Gasteiger partial charge >= 0.3 is 0 Å². The van der Waals surface area contributed by atoms with Gasteiger partial charge in [-0.3, -0.25) is 4.98 Å². The van der Waals surface area contributed by atoms with Crippen LogP contribution >= 0.6 is 11.3 Å². The molecule has 4 rings (SSSR count). The molecule has 3 aromatic heterocycles. The van der Waals surface area contributed by atoms with Crippen LogP contribution in [-0.2, 0) is 0 Å². The van der Waals surface area contributed by atoms with Crippen LogP contribution in [0.3, 0.4) is 0 Å². The van der Waals surface area contributed by atoms with Crippen molar-refractivity contribution in [2.24, 2.45) is 0 Å². The van der Waals surface area contributed by atoms with Crippen LogP contribution in [0.1, 0.15) is 36.0 Å². The minimum absolute atomic E-state index is 0.302. The Hall–Kier alpha value is -2.61. The molecule has 4 heterocycles. The van der Waals surface area contributed by atoms with E-state index in [1.165, 1.54) is 0 Å². The highest BCUT2D eigenvalue weighted by Gasteiger charge is 2.26. The largest absolute Gasteiger partial charge is 0.356 e. The van der Waals surface area contributed by atoms with Crippen molar-refractivity contribution < 1.29 is 0 Å². The molecule has 134 valence electrons. The fourth-order valence-electron chi connectivity index (χ4n) is 3.28. The molecule has 0 aliphatic carbocycles. The van der Waals surface area contributed by atoms with Gasteiger partial charge in [0.25, 0.3) is 0 Å². The number of piperidine rings is 1. The Morgan fingerprint density at radius 2 is 2.00 bits per heavy atom. The third-order valence-electron chi connectivity index (χ3n) is 4.46. The van der Waals surface area contributed by atoms with E-state index in [0.29, 0.717) is 5.92 Å². The predicted octanol–water partition coefficient (Wildman–Crippen LogP) is 3.47. The number of aromatic nitrogens is 5. The lowest BCUT2D eigenvalue weighted by Crippen LogP contribution is -2.35. The number of aryl methyl sites for hydroxylation is 2. The van der Waals surface area contributed by atoms with Crippen LogP contribution in [0.25, 0.3) is 0 Å². The van der Waals surface area contributed by atoms with Crippen LogP contribution in [-0.4, -0.2) is 38.0 Å². The van der Waals surface area contributed by atoms with Gasteiger partial charge < -0.3 is 10.2 Å². The van der Waals surface area contributed by atoms with Gasteiger partial charge in [0.1, 0.15) is 11.6 Å². The molecule has 1 aliphatic heterocycles. The summed E-state index contributed by atoms with van der Waals surface area (Å²) in [5, 5.41) is 6.22. The SMILES string of the molecule is Cc1csc(Nc2nccnc2C2CCCN(c3ccnc(C)n3)C2)n1. The maximum absolute atomic E-state index is 4.64. The van der Waals surface area contributed by atoms with Crippen LogP contribution < -0.4 is 10.2 Å². The van der Waals surface area contributed by atoms with Crippen LogP contribution in [0.4, 0.5) is 16.8 Å². The molecule has 8 heteroatoms. The Kier molecular flexibility index (Phi) is 4.75. The molecule has 1 atom stereocenters. The summed E-state index contributed by atoms with van der Waals surface area (Å²) in [4.78, 5) is 24.7. The number of thiazole rings is 1. The maximum atomic E-state index is 4.64. The zero-order valence-electron chi connectivity index (χ0n) is 14.9. The van der Waals surface area contributed by atoms with E-state index < -0.39 is 0 Å². The lowest BCUT2D eigenvalue weighted by molar-refractivity contribution is 0.498. The zero-order chi connectivity index (χ0) is 17.9. The standard InChI is InChI=1S/C18H21N7S/c1-12-11-26-18(22-12)24-17-16(20-7-8-21-17)14-4-3-9-25(10-14)15-5-6-19-13(2)23-15/h5-8,11,14H,3-4,9-10H2,1-2H3,(H,21,22,24). The third-order valence-corrected chi connectivity index (χ3v) is 5.34. The van der Waals surface area contributed by atoms with Crippen LogP contribution in [0.5, 0.6) is 0 Å². The van der Waals surface area contributed by atoms with Crippen molar-refractivity contribution in [2.75, 3.05) is 23.3 Å². The first-order valence-electron chi connectivity index (χ1n) is 8.73. The average molecular weight is 367 g/mol. The predicted molar refractivity (Wildman–Crippen MR) is 103 cm³/mol. The van der Waals surface area contributed by atoms with Crippen molar-refractivity contribution in [2.45, 2.75) is 32.6 Å². The molecule has 0 amide bonds. The highest BCUT2D eigenvalue weighted by atomic mass is 32.1. The Bertz CT molecular complexity index is 895. The minimum atomic E-state index is 0.302. The van der Waals surface area contributed by atoms with Crippen molar-refractivity contribution in [1.29, 1.82) is 0 Å². The molecule has 0 bridgehead atoms.